The van der Waals surface area contributed by atoms with E-state index in [9.17, 15) is 9.59 Å². The number of benzene rings is 7. The van der Waals surface area contributed by atoms with Gasteiger partial charge in [0.2, 0.25) is 0 Å². The molecule has 0 aliphatic heterocycles. The number of hydrogen-bond acceptors (Lipinski definition) is 6. The molecule has 6 nitrogen and oxygen atoms in total. The molecule has 0 atom stereocenters. The minimum atomic E-state index is -0.395. The molecule has 6 heteroatoms. The first-order valence-corrected chi connectivity index (χ1v) is 22.1. The van der Waals surface area contributed by atoms with Crippen molar-refractivity contribution in [1.82, 2.24) is 0 Å². The highest BCUT2D eigenvalue weighted by Crippen LogP contribution is 2.37. The lowest BCUT2D eigenvalue weighted by Gasteiger charge is -2.26. The molecule has 7 aromatic rings. The number of anilines is 6. The lowest BCUT2D eigenvalue weighted by Crippen LogP contribution is -2.10. The Morgan fingerprint density at radius 2 is 0.727 bits per heavy atom. The fourth-order valence-corrected chi connectivity index (χ4v) is 7.27. The number of aryl methyl sites for hydroxylation is 4. The number of esters is 2. The third-order valence-corrected chi connectivity index (χ3v) is 11.5. The van der Waals surface area contributed by atoms with Gasteiger partial charge in [-0.3, -0.25) is 0 Å². The van der Waals surface area contributed by atoms with E-state index < -0.39 is 11.9 Å². The summed E-state index contributed by atoms with van der Waals surface area (Å²) in [4.78, 5) is 28.4. The van der Waals surface area contributed by atoms with E-state index in [4.69, 9.17) is 9.47 Å². The molecule has 0 saturated heterocycles. The van der Waals surface area contributed by atoms with Crippen LogP contribution >= 0.6 is 0 Å². The highest BCUT2D eigenvalue weighted by molar-refractivity contribution is 5.87. The van der Waals surface area contributed by atoms with E-state index >= 15 is 0 Å². The first-order chi connectivity index (χ1) is 31.8. The van der Waals surface area contributed by atoms with Crippen LogP contribution in [0.25, 0.3) is 24.3 Å². The lowest BCUT2D eigenvalue weighted by atomic mass is 10.1. The third kappa shape index (κ3) is 11.8. The summed E-state index contributed by atoms with van der Waals surface area (Å²) in [6.07, 6.45) is 8.56. The Morgan fingerprint density at radius 1 is 0.409 bits per heavy atom. The molecule has 7 aromatic carbocycles. The predicted molar refractivity (Wildman–Crippen MR) is 275 cm³/mol. The Balaban J connectivity index is 1.05. The van der Waals surface area contributed by atoms with E-state index in [1.165, 1.54) is 22.3 Å². The fourth-order valence-electron chi connectivity index (χ4n) is 7.27. The molecule has 66 heavy (non-hydrogen) atoms. The van der Waals surface area contributed by atoms with Gasteiger partial charge < -0.3 is 19.3 Å². The van der Waals surface area contributed by atoms with Gasteiger partial charge >= 0.3 is 11.9 Å². The summed E-state index contributed by atoms with van der Waals surface area (Å²) in [5, 5.41) is 0. The number of hydrogen-bond donors (Lipinski definition) is 0. The quantitative estimate of drug-likeness (QED) is 0.0548. The number of rotatable bonds is 16. The molecule has 0 spiro atoms. The van der Waals surface area contributed by atoms with Gasteiger partial charge in [-0.25, -0.2) is 9.59 Å². The predicted octanol–water partition coefficient (Wildman–Crippen LogP) is 15.4. The van der Waals surface area contributed by atoms with Gasteiger partial charge in [0.1, 0.15) is 13.2 Å². The van der Waals surface area contributed by atoms with Crippen LogP contribution < -0.4 is 9.80 Å². The van der Waals surface area contributed by atoms with E-state index in [1.54, 1.807) is 13.8 Å². The minimum Gasteiger partial charge on any atom is -0.457 e. The largest absolute Gasteiger partial charge is 0.457 e. The van der Waals surface area contributed by atoms with E-state index in [0.717, 1.165) is 67.5 Å². The molecule has 0 aliphatic rings. The molecule has 0 heterocycles. The molecule has 0 bridgehead atoms. The monoisotopic (exact) mass is 868 g/mol. The first kappa shape index (κ1) is 46.0. The number of carbonyl (C=O) groups excluding carboxylic acids is 2. The van der Waals surface area contributed by atoms with E-state index in [-0.39, 0.29) is 13.2 Å². The highest BCUT2D eigenvalue weighted by atomic mass is 16.5. The van der Waals surface area contributed by atoms with Crippen LogP contribution in [0.15, 0.2) is 182 Å². The number of nitrogens with zero attached hydrogens (tertiary/aromatic N) is 2. The van der Waals surface area contributed by atoms with Gasteiger partial charge in [0.25, 0.3) is 0 Å². The molecule has 0 fully saturated rings. The Kier molecular flexibility index (Phi) is 14.8. The average molecular weight is 869 g/mol. The van der Waals surface area contributed by atoms with Crippen LogP contribution in [0.3, 0.4) is 0 Å². The van der Waals surface area contributed by atoms with Crippen molar-refractivity contribution in [3.8, 4) is 0 Å². The molecule has 330 valence electrons. The van der Waals surface area contributed by atoms with Gasteiger partial charge in [0, 0.05) is 45.3 Å². The van der Waals surface area contributed by atoms with Crippen molar-refractivity contribution in [1.29, 1.82) is 0 Å². The summed E-state index contributed by atoms with van der Waals surface area (Å²) < 4.78 is 10.7. The number of ether oxygens (including phenoxy) is 2. The van der Waals surface area contributed by atoms with Crippen molar-refractivity contribution in [2.24, 2.45) is 0 Å². The maximum absolute atomic E-state index is 12.0. The van der Waals surface area contributed by atoms with E-state index in [2.05, 4.69) is 208 Å². The smallest absolute Gasteiger partial charge is 0.333 e. The van der Waals surface area contributed by atoms with Crippen molar-refractivity contribution < 1.29 is 19.1 Å². The van der Waals surface area contributed by atoms with E-state index in [0.29, 0.717) is 11.1 Å². The van der Waals surface area contributed by atoms with Crippen molar-refractivity contribution in [2.75, 3.05) is 9.80 Å². The second-order valence-electron chi connectivity index (χ2n) is 16.8. The zero-order valence-corrected chi connectivity index (χ0v) is 38.7. The second kappa shape index (κ2) is 21.1. The van der Waals surface area contributed by atoms with Crippen LogP contribution in [-0.4, -0.2) is 11.9 Å². The van der Waals surface area contributed by atoms with Crippen LogP contribution in [0.4, 0.5) is 34.1 Å². The van der Waals surface area contributed by atoms with Gasteiger partial charge in [-0.15, -0.1) is 0 Å². The lowest BCUT2D eigenvalue weighted by molar-refractivity contribution is -0.141. The topological polar surface area (TPSA) is 59.1 Å². The van der Waals surface area contributed by atoms with Crippen molar-refractivity contribution in [3.05, 3.63) is 238 Å². The maximum Gasteiger partial charge on any atom is 0.333 e. The average Bonchev–Trinajstić information content (AvgIpc) is 3.32. The van der Waals surface area contributed by atoms with Crippen molar-refractivity contribution in [3.63, 3.8) is 0 Å². The van der Waals surface area contributed by atoms with Crippen molar-refractivity contribution >= 4 is 70.4 Å². The van der Waals surface area contributed by atoms with E-state index in [1.807, 2.05) is 24.3 Å². The van der Waals surface area contributed by atoms with Gasteiger partial charge in [0.15, 0.2) is 0 Å². The number of carbonyl (C=O) groups is 2. The maximum atomic E-state index is 12.0. The zero-order valence-electron chi connectivity index (χ0n) is 38.7. The molecular weight excluding hydrogens is 813 g/mol. The molecule has 0 saturated carbocycles. The molecule has 7 rings (SSSR count). The fraction of sp³-hybridized carbons (Fsp3) is 0.133. The van der Waals surface area contributed by atoms with Crippen LogP contribution in [0.1, 0.15) is 69.5 Å². The Bertz CT molecular complexity index is 2730. The summed E-state index contributed by atoms with van der Waals surface area (Å²) in [5.41, 5.74) is 18.0. The normalized spacial score (nSPS) is 11.1. The second-order valence-corrected chi connectivity index (χ2v) is 16.8. The van der Waals surface area contributed by atoms with Gasteiger partial charge in [-0.2, -0.15) is 0 Å². The Morgan fingerprint density at radius 3 is 1.06 bits per heavy atom. The first-order valence-electron chi connectivity index (χ1n) is 22.1. The minimum absolute atomic E-state index is 0.191. The molecule has 0 aromatic heterocycles. The molecule has 0 amide bonds. The Labute approximate surface area is 390 Å². The molecule has 0 aliphatic carbocycles. The van der Waals surface area contributed by atoms with Gasteiger partial charge in [-0.05, 0) is 176 Å². The summed E-state index contributed by atoms with van der Waals surface area (Å²) in [5.74, 6) is -0.789. The third-order valence-electron chi connectivity index (χ3n) is 11.5. The van der Waals surface area contributed by atoms with Gasteiger partial charge in [0.05, 0.1) is 0 Å². The summed E-state index contributed by atoms with van der Waals surface area (Å²) in [7, 11) is 0. The van der Waals surface area contributed by atoms with Crippen LogP contribution in [-0.2, 0) is 32.3 Å². The molecule has 0 radical (unpaired) electrons. The summed E-state index contributed by atoms with van der Waals surface area (Å²) in [6, 6.07) is 54.8. The Hall–Kier alpha value is -7.96. The molecule has 0 unspecified atom stereocenters. The SMILES string of the molecule is C=C(C)C(=O)OCc1ccc(N(c2ccc(C=Cc3cccc(C=Cc4ccc(N(c5ccc(COC(=O)C(=C)C)cc5)c5ccc(C)c(C)c5)cc4)c3)cc2)c2ccc(C)c(C)c2)cc1. The van der Waals surface area contributed by atoms with Crippen LogP contribution in [0, 0.1) is 27.7 Å². The van der Waals surface area contributed by atoms with Crippen molar-refractivity contribution in [2.45, 2.75) is 54.8 Å². The molecule has 0 N–H and O–H groups in total. The summed E-state index contributed by atoms with van der Waals surface area (Å²) in [6.45, 7) is 19.5. The standard InChI is InChI=1S/C60H56N2O4/c1-41(2)59(63)65-39-51-22-32-55(33-23-51)61(57-26-12-43(5)45(7)36-57)53-28-18-47(19-29-53)14-16-49-10-9-11-50(38-49)17-15-48-20-30-54(31-21-48)62(58-27-13-44(6)46(8)37-58)56-34-24-52(25-35-56)40-66-60(64)42(3)4/h9-38H,1,3,39-40H2,2,4-8H3. The van der Waals surface area contributed by atoms with Gasteiger partial charge in [-0.1, -0.05) is 116 Å². The van der Waals surface area contributed by atoms with Crippen LogP contribution in [0.5, 0.6) is 0 Å². The summed E-state index contributed by atoms with van der Waals surface area (Å²) >= 11 is 0. The molecular formula is C60H56N2O4. The highest BCUT2D eigenvalue weighted by Gasteiger charge is 2.16. The zero-order chi connectivity index (χ0) is 46.7. The van der Waals surface area contributed by atoms with Crippen LogP contribution in [0.2, 0.25) is 0 Å².